The van der Waals surface area contributed by atoms with Crippen molar-refractivity contribution in [3.8, 4) is 0 Å². The highest BCUT2D eigenvalue weighted by Gasteiger charge is 2.38. The van der Waals surface area contributed by atoms with Gasteiger partial charge in [0, 0.05) is 27.2 Å². The molecule has 0 saturated carbocycles. The maximum Gasteiger partial charge on any atom is 0.275 e. The molecule has 128 valence electrons. The van der Waals surface area contributed by atoms with Crippen LogP contribution in [0.2, 0.25) is 0 Å². The Bertz CT molecular complexity index is 874. The van der Waals surface area contributed by atoms with Gasteiger partial charge in [0.2, 0.25) is 10.0 Å². The van der Waals surface area contributed by atoms with Crippen molar-refractivity contribution in [3.63, 3.8) is 0 Å². The van der Waals surface area contributed by atoms with Crippen LogP contribution in [0.25, 0.3) is 0 Å². The van der Waals surface area contributed by atoms with Crippen LogP contribution >= 0.6 is 0 Å². The Morgan fingerprint density at radius 1 is 1.33 bits per heavy atom. The number of halogens is 1. The Morgan fingerprint density at radius 3 is 2.67 bits per heavy atom. The van der Waals surface area contributed by atoms with E-state index in [0.717, 1.165) is 6.07 Å². The number of rotatable bonds is 4. The van der Waals surface area contributed by atoms with Crippen molar-refractivity contribution in [2.24, 2.45) is 0 Å². The topological polar surface area (TPSA) is 88.4 Å². The lowest BCUT2D eigenvalue weighted by Gasteiger charge is -2.37. The Balaban J connectivity index is 1.70. The summed E-state index contributed by atoms with van der Waals surface area (Å²) in [6, 6.07) is 4.69. The number of carbonyl (C=O) groups excluding carboxylic acids is 1. The summed E-state index contributed by atoms with van der Waals surface area (Å²) in [6.45, 7) is 0.385. The first-order valence-corrected chi connectivity index (χ1v) is 8.62. The van der Waals surface area contributed by atoms with E-state index < -0.39 is 15.8 Å². The van der Waals surface area contributed by atoms with Crippen LogP contribution in [0.15, 0.2) is 35.4 Å². The highest BCUT2D eigenvalue weighted by Crippen LogP contribution is 2.28. The van der Waals surface area contributed by atoms with Gasteiger partial charge in [-0.05, 0) is 18.2 Å². The number of aromatic nitrogens is 3. The molecule has 1 amide bonds. The van der Waals surface area contributed by atoms with Gasteiger partial charge in [0.25, 0.3) is 5.91 Å². The summed E-state index contributed by atoms with van der Waals surface area (Å²) in [7, 11) is -0.514. The Labute approximate surface area is 138 Å². The first-order valence-electron chi connectivity index (χ1n) is 7.18. The van der Waals surface area contributed by atoms with E-state index in [2.05, 4.69) is 10.3 Å². The van der Waals surface area contributed by atoms with E-state index >= 15 is 0 Å². The SMILES string of the molecule is CN(C)C(=O)c1cn(C2CN(S(=O)(=O)c3cccc(F)c3)C2)nn1. The standard InChI is InChI=1S/C14H16FN5O3S/c1-18(2)14(21)13-9-20(17-16-13)11-7-19(8-11)24(22,23)12-5-3-4-10(15)6-12/h3-6,9,11H,7-8H2,1-2H3. The van der Waals surface area contributed by atoms with Gasteiger partial charge in [-0.15, -0.1) is 5.10 Å². The largest absolute Gasteiger partial charge is 0.343 e. The number of hydrogen-bond donors (Lipinski definition) is 0. The van der Waals surface area contributed by atoms with Crippen molar-refractivity contribution in [2.75, 3.05) is 27.2 Å². The highest BCUT2D eigenvalue weighted by molar-refractivity contribution is 7.89. The third-order valence-electron chi connectivity index (χ3n) is 3.77. The molecule has 2 aromatic rings. The average Bonchev–Trinajstić information content (AvgIpc) is 2.94. The summed E-state index contributed by atoms with van der Waals surface area (Å²) in [5.74, 6) is -0.874. The monoisotopic (exact) mass is 353 g/mol. The molecule has 2 heterocycles. The first-order chi connectivity index (χ1) is 11.3. The van der Waals surface area contributed by atoms with Crippen molar-refractivity contribution in [1.29, 1.82) is 0 Å². The number of hydrogen-bond acceptors (Lipinski definition) is 5. The first kappa shape index (κ1) is 16.5. The van der Waals surface area contributed by atoms with Crippen LogP contribution < -0.4 is 0 Å². The zero-order chi connectivity index (χ0) is 17.5. The van der Waals surface area contributed by atoms with Gasteiger partial charge in [0.1, 0.15) is 5.82 Å². The molecule has 0 N–H and O–H groups in total. The lowest BCUT2D eigenvalue weighted by Crippen LogP contribution is -2.50. The fourth-order valence-corrected chi connectivity index (χ4v) is 3.89. The lowest BCUT2D eigenvalue weighted by atomic mass is 10.2. The molecule has 1 aromatic carbocycles. The van der Waals surface area contributed by atoms with E-state index in [4.69, 9.17) is 0 Å². The van der Waals surface area contributed by atoms with Crippen LogP contribution in [0.1, 0.15) is 16.5 Å². The molecule has 0 unspecified atom stereocenters. The van der Waals surface area contributed by atoms with Crippen LogP contribution in [0.4, 0.5) is 4.39 Å². The van der Waals surface area contributed by atoms with E-state index in [1.807, 2.05) is 0 Å². The second-order valence-electron chi connectivity index (χ2n) is 5.72. The molecular weight excluding hydrogens is 337 g/mol. The van der Waals surface area contributed by atoms with Gasteiger partial charge in [0.15, 0.2) is 5.69 Å². The van der Waals surface area contributed by atoms with Gasteiger partial charge in [-0.1, -0.05) is 11.3 Å². The third-order valence-corrected chi connectivity index (χ3v) is 5.60. The summed E-state index contributed by atoms with van der Waals surface area (Å²) in [4.78, 5) is 13.1. The Morgan fingerprint density at radius 2 is 2.04 bits per heavy atom. The van der Waals surface area contributed by atoms with Crippen LogP contribution in [0.5, 0.6) is 0 Å². The van der Waals surface area contributed by atoms with Crippen molar-refractivity contribution in [3.05, 3.63) is 42.0 Å². The van der Waals surface area contributed by atoms with Crippen molar-refractivity contribution in [2.45, 2.75) is 10.9 Å². The van der Waals surface area contributed by atoms with Gasteiger partial charge >= 0.3 is 0 Å². The zero-order valence-corrected chi connectivity index (χ0v) is 13.9. The van der Waals surface area contributed by atoms with Gasteiger partial charge in [-0.3, -0.25) is 4.79 Å². The Kier molecular flexibility index (Phi) is 4.10. The number of nitrogens with zero attached hydrogens (tertiary/aromatic N) is 5. The zero-order valence-electron chi connectivity index (χ0n) is 13.1. The minimum atomic E-state index is -3.73. The fourth-order valence-electron chi connectivity index (χ4n) is 2.34. The average molecular weight is 353 g/mol. The molecule has 8 nitrogen and oxygen atoms in total. The third kappa shape index (κ3) is 2.89. The number of benzene rings is 1. The fraction of sp³-hybridized carbons (Fsp3) is 0.357. The normalized spacial score (nSPS) is 16.0. The molecule has 0 aliphatic carbocycles. The molecule has 0 radical (unpaired) electrons. The molecule has 1 saturated heterocycles. The second-order valence-corrected chi connectivity index (χ2v) is 7.65. The molecule has 0 bridgehead atoms. The predicted molar refractivity (Wildman–Crippen MR) is 82.2 cm³/mol. The summed E-state index contributed by atoms with van der Waals surface area (Å²) in [6.07, 6.45) is 1.50. The number of sulfonamides is 1. The van der Waals surface area contributed by atoms with E-state index in [-0.39, 0.29) is 35.6 Å². The molecule has 1 aromatic heterocycles. The van der Waals surface area contributed by atoms with E-state index in [1.165, 1.54) is 38.3 Å². The van der Waals surface area contributed by atoms with Gasteiger partial charge in [0.05, 0.1) is 17.1 Å². The second kappa shape index (κ2) is 5.95. The van der Waals surface area contributed by atoms with E-state index in [1.54, 1.807) is 14.1 Å². The maximum absolute atomic E-state index is 13.2. The molecule has 0 spiro atoms. The van der Waals surface area contributed by atoms with Gasteiger partial charge in [-0.2, -0.15) is 4.31 Å². The van der Waals surface area contributed by atoms with Crippen LogP contribution in [-0.2, 0) is 10.0 Å². The molecule has 1 aliphatic heterocycles. The number of amides is 1. The molecular formula is C14H16FN5O3S. The number of carbonyl (C=O) groups is 1. The smallest absolute Gasteiger partial charge is 0.275 e. The Hall–Kier alpha value is -2.33. The van der Waals surface area contributed by atoms with E-state index in [0.29, 0.717) is 0 Å². The molecule has 1 aliphatic rings. The lowest BCUT2D eigenvalue weighted by molar-refractivity contribution is 0.0821. The molecule has 10 heteroatoms. The molecule has 0 atom stereocenters. The minimum absolute atomic E-state index is 0.0805. The van der Waals surface area contributed by atoms with Crippen molar-refractivity contribution < 1.29 is 17.6 Å². The summed E-state index contributed by atoms with van der Waals surface area (Å²) < 4.78 is 40.7. The van der Waals surface area contributed by atoms with Crippen LogP contribution in [0, 0.1) is 5.82 Å². The van der Waals surface area contributed by atoms with Crippen molar-refractivity contribution in [1.82, 2.24) is 24.2 Å². The predicted octanol–water partition coefficient (Wildman–Crippen LogP) is 0.365. The van der Waals surface area contributed by atoms with Gasteiger partial charge < -0.3 is 4.90 Å². The summed E-state index contributed by atoms with van der Waals surface area (Å²) >= 11 is 0. The highest BCUT2D eigenvalue weighted by atomic mass is 32.2. The van der Waals surface area contributed by atoms with Crippen LogP contribution in [0.3, 0.4) is 0 Å². The molecule has 3 rings (SSSR count). The molecule has 24 heavy (non-hydrogen) atoms. The minimum Gasteiger partial charge on any atom is -0.343 e. The summed E-state index contributed by atoms with van der Waals surface area (Å²) in [5, 5.41) is 7.68. The van der Waals surface area contributed by atoms with Gasteiger partial charge in [-0.25, -0.2) is 17.5 Å². The maximum atomic E-state index is 13.2. The quantitative estimate of drug-likeness (QED) is 0.792. The molecule has 1 fully saturated rings. The van der Waals surface area contributed by atoms with Crippen molar-refractivity contribution >= 4 is 15.9 Å². The van der Waals surface area contributed by atoms with Crippen LogP contribution in [-0.4, -0.2) is 65.7 Å². The summed E-state index contributed by atoms with van der Waals surface area (Å²) in [5.41, 5.74) is 0.200. The van der Waals surface area contributed by atoms with E-state index in [9.17, 15) is 17.6 Å².